The number of hydrogen-bond acceptors (Lipinski definition) is 3. The molecular weight excluding hydrogens is 462 g/mol. The summed E-state index contributed by atoms with van der Waals surface area (Å²) in [5, 5.41) is 0.841. The Bertz CT molecular complexity index is 1440. The van der Waals surface area contributed by atoms with Crippen molar-refractivity contribution >= 4 is 26.9 Å². The third kappa shape index (κ3) is 4.02. The summed E-state index contributed by atoms with van der Waals surface area (Å²) in [5.74, 6) is 0. The monoisotopic (exact) mass is 481 g/mol. The van der Waals surface area contributed by atoms with Crippen LogP contribution in [0.5, 0.6) is 0 Å². The lowest BCUT2D eigenvalue weighted by Gasteiger charge is -2.11. The van der Waals surface area contributed by atoms with Crippen molar-refractivity contribution in [3.63, 3.8) is 0 Å². The second kappa shape index (κ2) is 8.21. The van der Waals surface area contributed by atoms with Crippen LogP contribution in [-0.2, 0) is 0 Å². The number of aryl methyl sites for hydroxylation is 2. The maximum absolute atomic E-state index is 12.9. The van der Waals surface area contributed by atoms with Gasteiger partial charge in [0.2, 0.25) is 0 Å². The van der Waals surface area contributed by atoms with E-state index in [1.165, 1.54) is 11.1 Å². The highest BCUT2D eigenvalue weighted by molar-refractivity contribution is 9.10. The van der Waals surface area contributed by atoms with Gasteiger partial charge in [-0.05, 0) is 61.4 Å². The van der Waals surface area contributed by atoms with Crippen molar-refractivity contribution in [1.82, 2.24) is 4.98 Å². The summed E-state index contributed by atoms with van der Waals surface area (Å²) < 4.78 is 6.53. The van der Waals surface area contributed by atoms with Crippen molar-refractivity contribution in [3.8, 4) is 33.6 Å². The molecule has 0 aliphatic heterocycles. The molecule has 0 amide bonds. The molecule has 0 fully saturated rings. The molecule has 0 spiro atoms. The van der Waals surface area contributed by atoms with E-state index in [0.717, 1.165) is 32.2 Å². The van der Waals surface area contributed by atoms with E-state index in [2.05, 4.69) is 84.4 Å². The average Bonchev–Trinajstić information content (AvgIpc) is 2.79. The fourth-order valence-electron chi connectivity index (χ4n) is 3.73. The zero-order valence-corrected chi connectivity index (χ0v) is 19.3. The number of nitrogens with zero attached hydrogens (tertiary/aromatic N) is 1. The fraction of sp³-hybridized carbons (Fsp3) is 0.0714. The minimum Gasteiger partial charge on any atom is -0.422 e. The summed E-state index contributed by atoms with van der Waals surface area (Å²) in [7, 11) is 0. The number of fused-ring (bicyclic) bond motifs is 1. The van der Waals surface area contributed by atoms with E-state index in [4.69, 9.17) is 9.40 Å². The van der Waals surface area contributed by atoms with Crippen molar-refractivity contribution in [3.05, 3.63) is 111 Å². The number of halogens is 1. The minimum atomic E-state index is -0.400. The zero-order chi connectivity index (χ0) is 22.2. The Hall–Kier alpha value is -3.50. The lowest BCUT2D eigenvalue weighted by molar-refractivity contribution is 0.563. The molecule has 2 aromatic heterocycles. The van der Waals surface area contributed by atoms with Gasteiger partial charge >= 0.3 is 5.63 Å². The van der Waals surface area contributed by atoms with Gasteiger partial charge in [-0.1, -0.05) is 75.6 Å². The molecule has 3 nitrogen and oxygen atoms in total. The molecule has 0 bridgehead atoms. The topological polar surface area (TPSA) is 43.1 Å². The highest BCUT2D eigenvalue weighted by atomic mass is 79.9. The molecule has 0 aliphatic carbocycles. The molecule has 32 heavy (non-hydrogen) atoms. The van der Waals surface area contributed by atoms with Crippen molar-refractivity contribution in [2.24, 2.45) is 0 Å². The molecule has 0 saturated carbocycles. The maximum atomic E-state index is 12.9. The van der Waals surface area contributed by atoms with Crippen LogP contribution in [0.2, 0.25) is 0 Å². The summed E-state index contributed by atoms with van der Waals surface area (Å²) in [6, 6.07) is 28.1. The van der Waals surface area contributed by atoms with E-state index < -0.39 is 5.63 Å². The Labute approximate surface area is 194 Å². The second-order valence-electron chi connectivity index (χ2n) is 7.99. The van der Waals surface area contributed by atoms with Crippen molar-refractivity contribution in [1.29, 1.82) is 0 Å². The average molecular weight is 482 g/mol. The minimum absolute atomic E-state index is 0.400. The summed E-state index contributed by atoms with van der Waals surface area (Å²) in [5.41, 5.74) is 7.45. The number of benzene rings is 3. The van der Waals surface area contributed by atoms with Crippen LogP contribution in [0.25, 0.3) is 44.6 Å². The van der Waals surface area contributed by atoms with Crippen molar-refractivity contribution in [2.75, 3.05) is 0 Å². The van der Waals surface area contributed by atoms with Crippen LogP contribution in [-0.4, -0.2) is 4.98 Å². The van der Waals surface area contributed by atoms with Gasteiger partial charge in [-0.15, -0.1) is 0 Å². The van der Waals surface area contributed by atoms with Crippen molar-refractivity contribution in [2.45, 2.75) is 13.8 Å². The van der Waals surface area contributed by atoms with Gasteiger partial charge in [0.15, 0.2) is 0 Å². The molecule has 5 aromatic rings. The van der Waals surface area contributed by atoms with E-state index in [-0.39, 0.29) is 0 Å². The summed E-state index contributed by atoms with van der Waals surface area (Å²) in [6.07, 6.45) is 0. The van der Waals surface area contributed by atoms with E-state index in [1.54, 1.807) is 6.07 Å². The molecule has 0 atom stereocenters. The Morgan fingerprint density at radius 2 is 1.31 bits per heavy atom. The summed E-state index contributed by atoms with van der Waals surface area (Å²) >= 11 is 3.49. The standard InChI is InChI=1S/C28H20BrNO2/c1-17-3-7-19(8-4-17)21-15-25(20-9-5-18(2)6-10-20)30-26(16-21)24-14-22-13-23(29)11-12-27(22)32-28(24)31/h3-16H,1-2H3. The van der Waals surface area contributed by atoms with E-state index in [0.29, 0.717) is 16.8 Å². The highest BCUT2D eigenvalue weighted by Gasteiger charge is 2.14. The van der Waals surface area contributed by atoms with Gasteiger partial charge in [-0.2, -0.15) is 0 Å². The van der Waals surface area contributed by atoms with Crippen LogP contribution in [0, 0.1) is 13.8 Å². The lowest BCUT2D eigenvalue weighted by Crippen LogP contribution is -2.04. The van der Waals surface area contributed by atoms with E-state index in [1.807, 2.05) is 24.3 Å². The third-order valence-electron chi connectivity index (χ3n) is 5.53. The molecule has 3 aromatic carbocycles. The molecular formula is C28H20BrNO2. The van der Waals surface area contributed by atoms with Gasteiger partial charge in [0.25, 0.3) is 0 Å². The van der Waals surface area contributed by atoms with Gasteiger partial charge in [0, 0.05) is 15.4 Å². The maximum Gasteiger partial charge on any atom is 0.345 e. The number of pyridine rings is 1. The fourth-order valence-corrected chi connectivity index (χ4v) is 4.11. The Morgan fingerprint density at radius 1 is 0.688 bits per heavy atom. The molecule has 0 aliphatic rings. The highest BCUT2D eigenvalue weighted by Crippen LogP contribution is 2.31. The number of hydrogen-bond donors (Lipinski definition) is 0. The van der Waals surface area contributed by atoms with Crippen LogP contribution >= 0.6 is 15.9 Å². The first-order valence-corrected chi connectivity index (χ1v) is 11.2. The predicted molar refractivity (Wildman–Crippen MR) is 134 cm³/mol. The molecule has 4 heteroatoms. The van der Waals surface area contributed by atoms with E-state index >= 15 is 0 Å². The van der Waals surface area contributed by atoms with Crippen LogP contribution in [0.1, 0.15) is 11.1 Å². The van der Waals surface area contributed by atoms with Crippen molar-refractivity contribution < 1.29 is 4.42 Å². The van der Waals surface area contributed by atoms with Gasteiger partial charge in [-0.25, -0.2) is 9.78 Å². The Kier molecular flexibility index (Phi) is 5.24. The molecule has 5 rings (SSSR count). The van der Waals surface area contributed by atoms with Crippen LogP contribution in [0.3, 0.4) is 0 Å². The van der Waals surface area contributed by atoms with Crippen LogP contribution < -0.4 is 5.63 Å². The summed E-state index contributed by atoms with van der Waals surface area (Å²) in [6.45, 7) is 4.13. The zero-order valence-electron chi connectivity index (χ0n) is 17.7. The third-order valence-corrected chi connectivity index (χ3v) is 6.02. The SMILES string of the molecule is Cc1ccc(-c2cc(-c3ccc(C)cc3)nc(-c3cc4cc(Br)ccc4oc3=O)c2)cc1. The quantitative estimate of drug-likeness (QED) is 0.249. The van der Waals surface area contributed by atoms with Crippen LogP contribution in [0.4, 0.5) is 0 Å². The van der Waals surface area contributed by atoms with Gasteiger partial charge in [0.05, 0.1) is 17.0 Å². The Balaban J connectivity index is 1.75. The molecule has 2 heterocycles. The largest absolute Gasteiger partial charge is 0.422 e. The number of rotatable bonds is 3. The number of aromatic nitrogens is 1. The summed E-state index contributed by atoms with van der Waals surface area (Å²) in [4.78, 5) is 17.8. The first-order chi connectivity index (χ1) is 15.5. The van der Waals surface area contributed by atoms with E-state index in [9.17, 15) is 4.79 Å². The normalized spacial score (nSPS) is 11.1. The smallest absolute Gasteiger partial charge is 0.345 e. The van der Waals surface area contributed by atoms with Gasteiger partial charge in [0.1, 0.15) is 5.58 Å². The molecule has 0 unspecified atom stereocenters. The molecule has 156 valence electrons. The molecule has 0 N–H and O–H groups in total. The second-order valence-corrected chi connectivity index (χ2v) is 8.90. The molecule has 0 saturated heterocycles. The van der Waals surface area contributed by atoms with Gasteiger partial charge < -0.3 is 4.42 Å². The molecule has 0 radical (unpaired) electrons. The first kappa shape index (κ1) is 20.4. The lowest BCUT2D eigenvalue weighted by atomic mass is 9.99. The van der Waals surface area contributed by atoms with Crippen LogP contribution in [0.15, 0.2) is 98.6 Å². The predicted octanol–water partition coefficient (Wildman–Crippen LogP) is 7.57. The van der Waals surface area contributed by atoms with Gasteiger partial charge in [-0.3, -0.25) is 0 Å². The first-order valence-electron chi connectivity index (χ1n) is 10.4. The Morgan fingerprint density at radius 3 is 2.00 bits per heavy atom.